The molecule has 0 atom stereocenters. The molecule has 0 amide bonds. The van der Waals surface area contributed by atoms with E-state index in [1.807, 2.05) is 0 Å². The third-order valence-corrected chi connectivity index (χ3v) is 3.26. The largest absolute Gasteiger partial charge is 0.353 e. The van der Waals surface area contributed by atoms with Crippen molar-refractivity contribution in [3.63, 3.8) is 0 Å². The van der Waals surface area contributed by atoms with Crippen LogP contribution in [0.3, 0.4) is 0 Å². The smallest absolute Gasteiger partial charge is 0.157 e. The number of allylic oxidation sites excluding steroid dienone is 2. The molecule has 0 aromatic carbocycles. The van der Waals surface area contributed by atoms with Gasteiger partial charge in [-0.05, 0) is 51.4 Å². The summed E-state index contributed by atoms with van der Waals surface area (Å²) in [6.45, 7) is 5.87. The predicted octanol–water partition coefficient (Wildman–Crippen LogP) is 5.69. The van der Waals surface area contributed by atoms with E-state index in [-0.39, 0.29) is 6.29 Å². The summed E-state index contributed by atoms with van der Waals surface area (Å²) in [6, 6.07) is 0. The van der Waals surface area contributed by atoms with Crippen molar-refractivity contribution in [3.8, 4) is 0 Å². The van der Waals surface area contributed by atoms with E-state index in [0.29, 0.717) is 0 Å². The zero-order valence-electron chi connectivity index (χ0n) is 13.4. The molecule has 0 radical (unpaired) electrons. The molecule has 3 heteroatoms. The summed E-state index contributed by atoms with van der Waals surface area (Å²) in [5, 5.41) is 0. The van der Waals surface area contributed by atoms with Crippen LogP contribution in [-0.2, 0) is 9.47 Å². The summed E-state index contributed by atoms with van der Waals surface area (Å²) >= 11 is 5.63. The lowest BCUT2D eigenvalue weighted by Gasteiger charge is -2.17. The highest BCUT2D eigenvalue weighted by molar-refractivity contribution is 6.17. The molecule has 0 spiro atoms. The normalized spacial score (nSPS) is 11.8. The number of halogens is 1. The van der Waals surface area contributed by atoms with Crippen LogP contribution in [0.15, 0.2) is 12.2 Å². The van der Waals surface area contributed by atoms with Crippen molar-refractivity contribution in [2.75, 3.05) is 19.1 Å². The Morgan fingerprint density at radius 2 is 1.45 bits per heavy atom. The molecule has 0 aromatic heterocycles. The second-order valence-corrected chi connectivity index (χ2v) is 5.49. The van der Waals surface area contributed by atoms with E-state index in [9.17, 15) is 0 Å². The SMILES string of the molecule is CCCOC(CCCCC/C=C/CCCCl)OCCC. The van der Waals surface area contributed by atoms with Gasteiger partial charge in [-0.15, -0.1) is 11.6 Å². The molecule has 0 rings (SSSR count). The van der Waals surface area contributed by atoms with Gasteiger partial charge in [-0.3, -0.25) is 0 Å². The van der Waals surface area contributed by atoms with Crippen LogP contribution in [0.1, 0.15) is 71.6 Å². The van der Waals surface area contributed by atoms with Crippen molar-refractivity contribution < 1.29 is 9.47 Å². The highest BCUT2D eigenvalue weighted by atomic mass is 35.5. The Bertz CT molecular complexity index is 199. The number of hydrogen-bond acceptors (Lipinski definition) is 2. The van der Waals surface area contributed by atoms with E-state index in [2.05, 4.69) is 26.0 Å². The fourth-order valence-electron chi connectivity index (χ4n) is 1.89. The predicted molar refractivity (Wildman–Crippen MR) is 88.5 cm³/mol. The zero-order valence-corrected chi connectivity index (χ0v) is 14.2. The lowest BCUT2D eigenvalue weighted by atomic mass is 10.1. The fourth-order valence-corrected chi connectivity index (χ4v) is 2.05. The molecule has 0 unspecified atom stereocenters. The average molecular weight is 305 g/mol. The Kier molecular flexibility index (Phi) is 17.0. The summed E-state index contributed by atoms with van der Waals surface area (Å²) < 4.78 is 11.4. The van der Waals surface area contributed by atoms with E-state index in [0.717, 1.165) is 51.2 Å². The van der Waals surface area contributed by atoms with Gasteiger partial charge in [0.15, 0.2) is 6.29 Å². The van der Waals surface area contributed by atoms with Gasteiger partial charge in [-0.25, -0.2) is 0 Å². The van der Waals surface area contributed by atoms with Gasteiger partial charge in [-0.1, -0.05) is 32.4 Å². The van der Waals surface area contributed by atoms with Crippen molar-refractivity contribution in [2.24, 2.45) is 0 Å². The van der Waals surface area contributed by atoms with Gasteiger partial charge in [0.05, 0.1) is 0 Å². The summed E-state index contributed by atoms with van der Waals surface area (Å²) in [6.07, 6.45) is 14.7. The van der Waals surface area contributed by atoms with E-state index >= 15 is 0 Å². The quantitative estimate of drug-likeness (QED) is 0.167. The molecule has 0 saturated heterocycles. The molecule has 0 aliphatic rings. The molecule has 0 N–H and O–H groups in total. The molecule has 0 aliphatic heterocycles. The Morgan fingerprint density at radius 3 is 2.00 bits per heavy atom. The van der Waals surface area contributed by atoms with E-state index in [1.54, 1.807) is 0 Å². The van der Waals surface area contributed by atoms with Gasteiger partial charge < -0.3 is 9.47 Å². The first-order valence-corrected chi connectivity index (χ1v) is 8.82. The topological polar surface area (TPSA) is 18.5 Å². The van der Waals surface area contributed by atoms with Crippen LogP contribution in [0.5, 0.6) is 0 Å². The monoisotopic (exact) mass is 304 g/mol. The molecule has 2 nitrogen and oxygen atoms in total. The lowest BCUT2D eigenvalue weighted by Crippen LogP contribution is -2.18. The summed E-state index contributed by atoms with van der Waals surface area (Å²) in [7, 11) is 0. The van der Waals surface area contributed by atoms with Crippen LogP contribution in [0.4, 0.5) is 0 Å². The van der Waals surface area contributed by atoms with Crippen LogP contribution in [0.2, 0.25) is 0 Å². The van der Waals surface area contributed by atoms with Crippen LogP contribution < -0.4 is 0 Å². The van der Waals surface area contributed by atoms with Crippen LogP contribution in [0, 0.1) is 0 Å². The number of unbranched alkanes of at least 4 members (excludes halogenated alkanes) is 4. The Balaban J connectivity index is 3.49. The highest BCUT2D eigenvalue weighted by Gasteiger charge is 2.07. The Labute approximate surface area is 130 Å². The van der Waals surface area contributed by atoms with Crippen molar-refractivity contribution in [2.45, 2.75) is 77.9 Å². The second-order valence-electron chi connectivity index (χ2n) is 5.11. The van der Waals surface area contributed by atoms with Crippen LogP contribution >= 0.6 is 11.6 Å². The Morgan fingerprint density at radius 1 is 0.850 bits per heavy atom. The highest BCUT2D eigenvalue weighted by Crippen LogP contribution is 2.11. The third-order valence-electron chi connectivity index (χ3n) is 3.00. The number of ether oxygens (including phenoxy) is 2. The van der Waals surface area contributed by atoms with Gasteiger partial charge >= 0.3 is 0 Å². The molecule has 20 heavy (non-hydrogen) atoms. The van der Waals surface area contributed by atoms with Crippen molar-refractivity contribution in [1.29, 1.82) is 0 Å². The molecule has 0 aliphatic carbocycles. The molecular formula is C17H33ClO2. The molecule has 0 bridgehead atoms. The molecule has 0 heterocycles. The van der Waals surface area contributed by atoms with Crippen molar-refractivity contribution in [1.82, 2.24) is 0 Å². The molecule has 0 aromatic rings. The minimum atomic E-state index is 0.00848. The average Bonchev–Trinajstić information content (AvgIpc) is 2.47. The molecule has 0 saturated carbocycles. The lowest BCUT2D eigenvalue weighted by molar-refractivity contribution is -0.146. The van der Waals surface area contributed by atoms with Gasteiger partial charge in [-0.2, -0.15) is 0 Å². The van der Waals surface area contributed by atoms with Gasteiger partial charge in [0, 0.05) is 19.1 Å². The van der Waals surface area contributed by atoms with Gasteiger partial charge in [0.2, 0.25) is 0 Å². The van der Waals surface area contributed by atoms with Gasteiger partial charge in [0.1, 0.15) is 0 Å². The first-order chi connectivity index (χ1) is 9.85. The maximum Gasteiger partial charge on any atom is 0.157 e. The first kappa shape index (κ1) is 19.9. The van der Waals surface area contributed by atoms with E-state index in [4.69, 9.17) is 21.1 Å². The summed E-state index contributed by atoms with van der Waals surface area (Å²) in [5.74, 6) is 0.765. The van der Waals surface area contributed by atoms with Crippen molar-refractivity contribution in [3.05, 3.63) is 12.2 Å². The van der Waals surface area contributed by atoms with Crippen molar-refractivity contribution >= 4 is 11.6 Å². The molecular weight excluding hydrogens is 272 g/mol. The van der Waals surface area contributed by atoms with Crippen LogP contribution in [0.25, 0.3) is 0 Å². The number of rotatable bonds is 15. The minimum absolute atomic E-state index is 0.00848. The minimum Gasteiger partial charge on any atom is -0.353 e. The maximum atomic E-state index is 5.72. The standard InChI is InChI=1S/C17H33ClO2/c1-3-15-19-17(20-16-4-2)13-11-9-7-5-6-8-10-12-14-18/h6,8,17H,3-5,7,9-16H2,1-2H3/b8-6+. The zero-order chi connectivity index (χ0) is 14.9. The van der Waals surface area contributed by atoms with E-state index in [1.165, 1.54) is 25.7 Å². The summed E-state index contributed by atoms with van der Waals surface area (Å²) in [5.41, 5.74) is 0. The van der Waals surface area contributed by atoms with Crippen LogP contribution in [-0.4, -0.2) is 25.4 Å². The first-order valence-electron chi connectivity index (χ1n) is 8.29. The molecule has 0 fully saturated rings. The molecule has 120 valence electrons. The Hall–Kier alpha value is -0.0500. The van der Waals surface area contributed by atoms with Gasteiger partial charge in [0.25, 0.3) is 0 Å². The second kappa shape index (κ2) is 17.0. The number of alkyl halides is 1. The maximum absolute atomic E-state index is 5.72. The van der Waals surface area contributed by atoms with E-state index < -0.39 is 0 Å². The number of hydrogen-bond donors (Lipinski definition) is 0. The third kappa shape index (κ3) is 14.4. The summed E-state index contributed by atoms with van der Waals surface area (Å²) in [4.78, 5) is 0. The fraction of sp³-hybridized carbons (Fsp3) is 0.882.